The largest absolute Gasteiger partial charge is 0.481 e. The van der Waals surface area contributed by atoms with Crippen LogP contribution in [-0.4, -0.2) is 58.8 Å². The Morgan fingerprint density at radius 2 is 2.44 bits per heavy atom. The third kappa shape index (κ3) is 3.12. The molecular formula is C11H19NO3S. The highest BCUT2D eigenvalue weighted by molar-refractivity contribution is 8.00. The number of nitrogens with zero attached hydrogens (tertiary/aromatic N) is 1. The first-order chi connectivity index (χ1) is 7.65. The minimum absolute atomic E-state index is 0.118. The molecule has 0 radical (unpaired) electrons. The molecule has 0 aliphatic carbocycles. The number of morpholine rings is 1. The van der Waals surface area contributed by atoms with E-state index in [0.29, 0.717) is 12.6 Å². The Morgan fingerprint density at radius 1 is 1.62 bits per heavy atom. The molecule has 1 N–H and O–H groups in total. The van der Waals surface area contributed by atoms with E-state index in [1.54, 1.807) is 0 Å². The number of thioether (sulfide) groups is 1. The first kappa shape index (κ1) is 12.2. The molecule has 2 aliphatic heterocycles. The van der Waals surface area contributed by atoms with E-state index < -0.39 is 5.97 Å². The highest BCUT2D eigenvalue weighted by Crippen LogP contribution is 2.30. The first-order valence-corrected chi connectivity index (χ1v) is 6.89. The van der Waals surface area contributed by atoms with Crippen LogP contribution >= 0.6 is 11.8 Å². The lowest BCUT2D eigenvalue weighted by Crippen LogP contribution is -2.48. The molecule has 0 spiro atoms. The predicted molar refractivity (Wildman–Crippen MR) is 63.9 cm³/mol. The van der Waals surface area contributed by atoms with Crippen molar-refractivity contribution in [3.05, 3.63) is 0 Å². The SMILES string of the molecule is CC1CC(N2CCOC(CC(=O)O)C2)CS1. The van der Waals surface area contributed by atoms with Gasteiger partial charge in [-0.1, -0.05) is 6.92 Å². The zero-order valence-electron chi connectivity index (χ0n) is 9.59. The highest BCUT2D eigenvalue weighted by atomic mass is 32.2. The van der Waals surface area contributed by atoms with Gasteiger partial charge in [-0.3, -0.25) is 9.69 Å². The zero-order valence-corrected chi connectivity index (χ0v) is 10.4. The minimum Gasteiger partial charge on any atom is -0.481 e. The Balaban J connectivity index is 1.84. The van der Waals surface area contributed by atoms with Crippen molar-refractivity contribution < 1.29 is 14.6 Å². The monoisotopic (exact) mass is 245 g/mol. The van der Waals surface area contributed by atoms with Crippen LogP contribution < -0.4 is 0 Å². The van der Waals surface area contributed by atoms with Crippen LogP contribution in [0.4, 0.5) is 0 Å². The normalized spacial score (nSPS) is 36.4. The molecule has 92 valence electrons. The molecule has 2 aliphatic rings. The fourth-order valence-corrected chi connectivity index (χ4v) is 3.70. The number of carboxylic acids is 1. The van der Waals surface area contributed by atoms with E-state index in [0.717, 1.165) is 18.3 Å². The predicted octanol–water partition coefficient (Wildman–Crippen LogP) is 1.06. The summed E-state index contributed by atoms with van der Waals surface area (Å²) in [5.41, 5.74) is 0. The van der Waals surface area contributed by atoms with Crippen molar-refractivity contribution in [2.75, 3.05) is 25.4 Å². The smallest absolute Gasteiger partial charge is 0.306 e. The topological polar surface area (TPSA) is 49.8 Å². The van der Waals surface area contributed by atoms with Crippen molar-refractivity contribution >= 4 is 17.7 Å². The fourth-order valence-electron chi connectivity index (χ4n) is 2.44. The van der Waals surface area contributed by atoms with Crippen LogP contribution in [0.1, 0.15) is 19.8 Å². The molecule has 0 aromatic carbocycles. The molecule has 2 heterocycles. The van der Waals surface area contributed by atoms with E-state index in [4.69, 9.17) is 9.84 Å². The van der Waals surface area contributed by atoms with Crippen molar-refractivity contribution in [1.82, 2.24) is 4.90 Å². The van der Waals surface area contributed by atoms with E-state index in [1.165, 1.54) is 12.2 Å². The summed E-state index contributed by atoms with van der Waals surface area (Å²) in [6.07, 6.45) is 1.24. The molecule has 2 saturated heterocycles. The summed E-state index contributed by atoms with van der Waals surface area (Å²) in [5, 5.41) is 9.50. The molecule has 3 atom stereocenters. The van der Waals surface area contributed by atoms with E-state index in [1.807, 2.05) is 11.8 Å². The van der Waals surface area contributed by atoms with Crippen LogP contribution in [0.25, 0.3) is 0 Å². The van der Waals surface area contributed by atoms with Gasteiger partial charge in [-0.2, -0.15) is 11.8 Å². The van der Waals surface area contributed by atoms with Crippen molar-refractivity contribution in [2.24, 2.45) is 0 Å². The Bertz CT molecular complexity index is 262. The Labute approximate surface area is 100 Å². The maximum atomic E-state index is 10.6. The lowest BCUT2D eigenvalue weighted by molar-refractivity contribution is -0.142. The Kier molecular flexibility index (Phi) is 4.10. The molecule has 0 bridgehead atoms. The lowest BCUT2D eigenvalue weighted by atomic mass is 10.1. The molecule has 5 heteroatoms. The Morgan fingerprint density at radius 3 is 3.06 bits per heavy atom. The van der Waals surface area contributed by atoms with Gasteiger partial charge in [0.1, 0.15) is 0 Å². The second-order valence-corrected chi connectivity index (χ2v) is 6.09. The molecule has 2 fully saturated rings. The van der Waals surface area contributed by atoms with Gasteiger partial charge in [0.2, 0.25) is 0 Å². The van der Waals surface area contributed by atoms with Crippen LogP contribution in [0.5, 0.6) is 0 Å². The zero-order chi connectivity index (χ0) is 11.5. The Hall–Kier alpha value is -0.260. The number of carboxylic acid groups (broad SMARTS) is 1. The molecule has 0 aromatic heterocycles. The maximum absolute atomic E-state index is 10.6. The summed E-state index contributed by atoms with van der Waals surface area (Å²) < 4.78 is 5.48. The van der Waals surface area contributed by atoms with Crippen molar-refractivity contribution in [3.63, 3.8) is 0 Å². The molecule has 16 heavy (non-hydrogen) atoms. The maximum Gasteiger partial charge on any atom is 0.306 e. The van der Waals surface area contributed by atoms with Crippen LogP contribution in [-0.2, 0) is 9.53 Å². The van der Waals surface area contributed by atoms with Gasteiger partial charge < -0.3 is 9.84 Å². The van der Waals surface area contributed by atoms with E-state index in [9.17, 15) is 4.79 Å². The standard InChI is InChI=1S/C11H19NO3S/c1-8-4-9(7-16-8)12-2-3-15-10(6-12)5-11(13)14/h8-10H,2-7H2,1H3,(H,13,14). The lowest BCUT2D eigenvalue weighted by Gasteiger charge is -2.36. The summed E-state index contributed by atoms with van der Waals surface area (Å²) in [5.74, 6) is 0.419. The van der Waals surface area contributed by atoms with Crippen molar-refractivity contribution in [1.29, 1.82) is 0 Å². The van der Waals surface area contributed by atoms with Crippen molar-refractivity contribution in [3.8, 4) is 0 Å². The van der Waals surface area contributed by atoms with Crippen LogP contribution in [0.3, 0.4) is 0 Å². The summed E-state index contributed by atoms with van der Waals surface area (Å²) in [6, 6.07) is 0.625. The van der Waals surface area contributed by atoms with Gasteiger partial charge in [-0.15, -0.1) is 0 Å². The van der Waals surface area contributed by atoms with Gasteiger partial charge in [0.15, 0.2) is 0 Å². The number of rotatable bonds is 3. The average Bonchev–Trinajstić information content (AvgIpc) is 2.64. The van der Waals surface area contributed by atoms with E-state index in [-0.39, 0.29) is 12.5 Å². The summed E-state index contributed by atoms with van der Waals surface area (Å²) in [4.78, 5) is 13.1. The third-order valence-electron chi connectivity index (χ3n) is 3.27. The fraction of sp³-hybridized carbons (Fsp3) is 0.909. The van der Waals surface area contributed by atoms with Gasteiger partial charge >= 0.3 is 5.97 Å². The molecule has 2 rings (SSSR count). The molecular weight excluding hydrogens is 226 g/mol. The van der Waals surface area contributed by atoms with Crippen LogP contribution in [0.15, 0.2) is 0 Å². The number of aliphatic carboxylic acids is 1. The number of hydrogen-bond acceptors (Lipinski definition) is 4. The second kappa shape index (κ2) is 5.38. The number of carbonyl (C=O) groups is 1. The van der Waals surface area contributed by atoms with Crippen molar-refractivity contribution in [2.45, 2.75) is 37.2 Å². The van der Waals surface area contributed by atoms with Gasteiger partial charge in [0.05, 0.1) is 19.1 Å². The molecule has 4 nitrogen and oxygen atoms in total. The summed E-state index contributed by atoms with van der Waals surface area (Å²) in [6.45, 7) is 4.67. The van der Waals surface area contributed by atoms with Crippen LogP contribution in [0.2, 0.25) is 0 Å². The van der Waals surface area contributed by atoms with E-state index in [2.05, 4.69) is 11.8 Å². The highest BCUT2D eigenvalue weighted by Gasteiger charge is 2.31. The average molecular weight is 245 g/mol. The van der Waals surface area contributed by atoms with Gasteiger partial charge in [0.25, 0.3) is 0 Å². The number of ether oxygens (including phenoxy) is 1. The number of hydrogen-bond donors (Lipinski definition) is 1. The quantitative estimate of drug-likeness (QED) is 0.805. The molecule has 3 unspecified atom stereocenters. The van der Waals surface area contributed by atoms with Crippen LogP contribution in [0, 0.1) is 0 Å². The molecule has 0 aromatic rings. The summed E-state index contributed by atoms with van der Waals surface area (Å²) in [7, 11) is 0. The summed E-state index contributed by atoms with van der Waals surface area (Å²) >= 11 is 2.02. The minimum atomic E-state index is -0.763. The first-order valence-electron chi connectivity index (χ1n) is 5.84. The van der Waals surface area contributed by atoms with Gasteiger partial charge in [0, 0.05) is 30.1 Å². The molecule has 0 amide bonds. The third-order valence-corrected chi connectivity index (χ3v) is 4.60. The molecule has 0 saturated carbocycles. The van der Waals surface area contributed by atoms with Gasteiger partial charge in [-0.05, 0) is 6.42 Å². The van der Waals surface area contributed by atoms with Gasteiger partial charge in [-0.25, -0.2) is 0 Å². The second-order valence-electron chi connectivity index (χ2n) is 4.62. The van der Waals surface area contributed by atoms with E-state index >= 15 is 0 Å².